The lowest BCUT2D eigenvalue weighted by Crippen LogP contribution is -2.33. The van der Waals surface area contributed by atoms with E-state index in [0.29, 0.717) is 0 Å². The Hall–Kier alpha value is -0.320. The van der Waals surface area contributed by atoms with Crippen molar-refractivity contribution < 1.29 is 9.15 Å². The topological polar surface area (TPSA) is 34.4 Å². The molecule has 1 aromatic heterocycles. The summed E-state index contributed by atoms with van der Waals surface area (Å²) in [6.07, 6.45) is 5.07. The predicted molar refractivity (Wildman–Crippen MR) is 73.1 cm³/mol. The van der Waals surface area contributed by atoms with Crippen LogP contribution in [0.4, 0.5) is 0 Å². The smallest absolute Gasteiger partial charge is 0.137 e. The van der Waals surface area contributed by atoms with Gasteiger partial charge in [0, 0.05) is 7.11 Å². The molecule has 0 saturated carbocycles. The maximum atomic E-state index is 5.59. The van der Waals surface area contributed by atoms with Crippen LogP contribution in [-0.4, -0.2) is 19.8 Å². The first-order valence-corrected chi connectivity index (χ1v) is 7.02. The number of ether oxygens (including phenoxy) is 1. The molecular formula is C13H22BrNO2. The SMILES string of the molecule is CCCNC(c1occc1Br)C(CCC)OC. The summed E-state index contributed by atoms with van der Waals surface area (Å²) in [5.41, 5.74) is 0. The molecule has 2 unspecified atom stereocenters. The summed E-state index contributed by atoms with van der Waals surface area (Å²) < 4.78 is 12.2. The Balaban J connectivity index is 2.82. The van der Waals surface area contributed by atoms with E-state index < -0.39 is 0 Å². The summed E-state index contributed by atoms with van der Waals surface area (Å²) in [7, 11) is 1.76. The van der Waals surface area contributed by atoms with Gasteiger partial charge in [0.25, 0.3) is 0 Å². The van der Waals surface area contributed by atoms with E-state index in [-0.39, 0.29) is 12.1 Å². The molecule has 0 amide bonds. The molecule has 98 valence electrons. The van der Waals surface area contributed by atoms with Gasteiger partial charge in [0.05, 0.1) is 22.9 Å². The highest BCUT2D eigenvalue weighted by atomic mass is 79.9. The van der Waals surface area contributed by atoms with Gasteiger partial charge in [0.1, 0.15) is 5.76 Å². The molecule has 1 heterocycles. The Bertz CT molecular complexity index is 314. The molecule has 0 radical (unpaired) electrons. The number of methoxy groups -OCH3 is 1. The van der Waals surface area contributed by atoms with E-state index in [9.17, 15) is 0 Å². The first-order valence-electron chi connectivity index (χ1n) is 6.23. The van der Waals surface area contributed by atoms with Gasteiger partial charge in [0.2, 0.25) is 0 Å². The summed E-state index contributed by atoms with van der Waals surface area (Å²) in [6.45, 7) is 5.28. The highest BCUT2D eigenvalue weighted by Gasteiger charge is 2.26. The van der Waals surface area contributed by atoms with Gasteiger partial charge in [-0.25, -0.2) is 0 Å². The van der Waals surface area contributed by atoms with Crippen molar-refractivity contribution in [3.63, 3.8) is 0 Å². The third kappa shape index (κ3) is 4.12. The molecular weight excluding hydrogens is 282 g/mol. The zero-order chi connectivity index (χ0) is 12.7. The van der Waals surface area contributed by atoms with Gasteiger partial charge in [-0.1, -0.05) is 20.3 Å². The summed E-state index contributed by atoms with van der Waals surface area (Å²) in [4.78, 5) is 0. The van der Waals surface area contributed by atoms with Crippen molar-refractivity contribution in [2.75, 3.05) is 13.7 Å². The Kier molecular flexibility index (Phi) is 6.85. The third-order valence-electron chi connectivity index (χ3n) is 2.79. The summed E-state index contributed by atoms with van der Waals surface area (Å²) in [6, 6.07) is 2.04. The summed E-state index contributed by atoms with van der Waals surface area (Å²) in [5, 5.41) is 3.50. The van der Waals surface area contributed by atoms with Crippen LogP contribution in [0.5, 0.6) is 0 Å². The highest BCUT2D eigenvalue weighted by Crippen LogP contribution is 2.29. The van der Waals surface area contributed by atoms with Gasteiger partial charge in [-0.2, -0.15) is 0 Å². The molecule has 1 N–H and O–H groups in total. The summed E-state index contributed by atoms with van der Waals surface area (Å²) >= 11 is 3.52. The Morgan fingerprint density at radius 3 is 2.65 bits per heavy atom. The van der Waals surface area contributed by atoms with E-state index in [1.807, 2.05) is 6.07 Å². The van der Waals surface area contributed by atoms with E-state index in [1.54, 1.807) is 13.4 Å². The van der Waals surface area contributed by atoms with Crippen LogP contribution < -0.4 is 5.32 Å². The molecule has 0 spiro atoms. The zero-order valence-electron chi connectivity index (χ0n) is 10.8. The number of hydrogen-bond acceptors (Lipinski definition) is 3. The fourth-order valence-corrected chi connectivity index (χ4v) is 2.37. The fourth-order valence-electron chi connectivity index (χ4n) is 1.93. The van der Waals surface area contributed by atoms with Crippen LogP contribution in [0.3, 0.4) is 0 Å². The second-order valence-electron chi connectivity index (χ2n) is 4.13. The van der Waals surface area contributed by atoms with Crippen molar-refractivity contribution in [1.82, 2.24) is 5.32 Å². The van der Waals surface area contributed by atoms with Gasteiger partial charge in [-0.05, 0) is 41.4 Å². The minimum atomic E-state index is 0.115. The quantitative estimate of drug-likeness (QED) is 0.791. The first kappa shape index (κ1) is 14.7. The average molecular weight is 304 g/mol. The van der Waals surface area contributed by atoms with E-state index >= 15 is 0 Å². The molecule has 1 aromatic rings. The predicted octanol–water partition coefficient (Wildman–Crippen LogP) is 3.90. The van der Waals surface area contributed by atoms with Crippen LogP contribution in [-0.2, 0) is 4.74 Å². The summed E-state index contributed by atoms with van der Waals surface area (Å²) in [5.74, 6) is 0.929. The molecule has 17 heavy (non-hydrogen) atoms. The number of halogens is 1. The van der Waals surface area contributed by atoms with Crippen molar-refractivity contribution in [3.05, 3.63) is 22.6 Å². The van der Waals surface area contributed by atoms with Crippen molar-refractivity contribution in [2.24, 2.45) is 0 Å². The lowest BCUT2D eigenvalue weighted by atomic mass is 10.0. The van der Waals surface area contributed by atoms with Gasteiger partial charge in [-0.3, -0.25) is 0 Å². The van der Waals surface area contributed by atoms with E-state index in [4.69, 9.17) is 9.15 Å². The number of nitrogens with one attached hydrogen (secondary N) is 1. The Morgan fingerprint density at radius 1 is 1.41 bits per heavy atom. The zero-order valence-corrected chi connectivity index (χ0v) is 12.4. The Labute approximate surface area is 112 Å². The van der Waals surface area contributed by atoms with Gasteiger partial charge >= 0.3 is 0 Å². The van der Waals surface area contributed by atoms with E-state index in [2.05, 4.69) is 35.1 Å². The first-order chi connectivity index (χ1) is 8.24. The minimum Gasteiger partial charge on any atom is -0.466 e. The lowest BCUT2D eigenvalue weighted by molar-refractivity contribution is 0.0534. The van der Waals surface area contributed by atoms with Crippen LogP contribution in [0.25, 0.3) is 0 Å². The lowest BCUT2D eigenvalue weighted by Gasteiger charge is -2.25. The van der Waals surface area contributed by atoms with Crippen molar-refractivity contribution in [3.8, 4) is 0 Å². The van der Waals surface area contributed by atoms with Crippen molar-refractivity contribution in [1.29, 1.82) is 0 Å². The van der Waals surface area contributed by atoms with Crippen LogP contribution in [0, 0.1) is 0 Å². The molecule has 1 rings (SSSR count). The fraction of sp³-hybridized carbons (Fsp3) is 0.692. The molecule has 0 aliphatic rings. The molecule has 2 atom stereocenters. The minimum absolute atomic E-state index is 0.115. The van der Waals surface area contributed by atoms with Crippen LogP contribution in [0.15, 0.2) is 21.2 Å². The van der Waals surface area contributed by atoms with Crippen LogP contribution in [0.1, 0.15) is 44.9 Å². The molecule has 0 aliphatic heterocycles. The second-order valence-corrected chi connectivity index (χ2v) is 4.98. The Morgan fingerprint density at radius 2 is 2.18 bits per heavy atom. The molecule has 0 aliphatic carbocycles. The number of rotatable bonds is 8. The molecule has 0 saturated heterocycles. The van der Waals surface area contributed by atoms with Crippen molar-refractivity contribution >= 4 is 15.9 Å². The van der Waals surface area contributed by atoms with Crippen molar-refractivity contribution in [2.45, 2.75) is 45.3 Å². The number of hydrogen-bond donors (Lipinski definition) is 1. The van der Waals surface area contributed by atoms with Gasteiger partial charge in [-0.15, -0.1) is 0 Å². The normalized spacial score (nSPS) is 14.8. The van der Waals surface area contributed by atoms with Gasteiger partial charge < -0.3 is 14.5 Å². The highest BCUT2D eigenvalue weighted by molar-refractivity contribution is 9.10. The van der Waals surface area contributed by atoms with Crippen LogP contribution >= 0.6 is 15.9 Å². The second kappa shape index (κ2) is 7.90. The van der Waals surface area contributed by atoms with E-state index in [0.717, 1.165) is 36.0 Å². The molecule has 0 fully saturated rings. The number of furan rings is 1. The van der Waals surface area contributed by atoms with E-state index in [1.165, 1.54) is 0 Å². The maximum Gasteiger partial charge on any atom is 0.137 e. The maximum absolute atomic E-state index is 5.59. The average Bonchev–Trinajstić information content (AvgIpc) is 2.75. The standard InChI is InChI=1S/C13H22BrNO2/c1-4-6-11(16-3)12(15-8-5-2)13-10(14)7-9-17-13/h7,9,11-12,15H,4-6,8H2,1-3H3. The van der Waals surface area contributed by atoms with Gasteiger partial charge in [0.15, 0.2) is 0 Å². The molecule has 4 heteroatoms. The largest absolute Gasteiger partial charge is 0.466 e. The molecule has 3 nitrogen and oxygen atoms in total. The molecule has 0 aromatic carbocycles. The molecule has 0 bridgehead atoms. The monoisotopic (exact) mass is 303 g/mol. The third-order valence-corrected chi connectivity index (χ3v) is 3.44. The van der Waals surface area contributed by atoms with Crippen LogP contribution in [0.2, 0.25) is 0 Å².